The standard InChI is InChI=1S/C13H9BrCl2N2O/c14-8-3-1-2-7(13(8)19)6-18-12-5-10(16)9(15)4-11(12)17/h1-6,19H,17H2. The van der Waals surface area contributed by atoms with Gasteiger partial charge in [0.1, 0.15) is 5.75 Å². The van der Waals surface area contributed by atoms with Crippen LogP contribution in [0.15, 0.2) is 39.8 Å². The number of nitrogens with two attached hydrogens (primary N) is 1. The van der Waals surface area contributed by atoms with Crippen LogP contribution in [0.3, 0.4) is 0 Å². The SMILES string of the molecule is Nc1cc(Cl)c(Cl)cc1N=Cc1cccc(Br)c1O. The van der Waals surface area contributed by atoms with Gasteiger partial charge >= 0.3 is 0 Å². The minimum atomic E-state index is 0.116. The summed E-state index contributed by atoms with van der Waals surface area (Å²) < 4.78 is 0.596. The van der Waals surface area contributed by atoms with Gasteiger partial charge in [0, 0.05) is 11.8 Å². The fourth-order valence-electron chi connectivity index (χ4n) is 1.44. The molecule has 0 saturated carbocycles. The van der Waals surface area contributed by atoms with Gasteiger partial charge in [-0.25, -0.2) is 0 Å². The van der Waals surface area contributed by atoms with Gasteiger partial charge in [0.05, 0.1) is 25.9 Å². The molecular formula is C13H9BrCl2N2O. The molecule has 0 radical (unpaired) electrons. The minimum Gasteiger partial charge on any atom is -0.506 e. The molecule has 0 aliphatic heterocycles. The zero-order valence-electron chi connectivity index (χ0n) is 9.57. The van der Waals surface area contributed by atoms with Crippen LogP contribution in [0.4, 0.5) is 11.4 Å². The first-order valence-electron chi connectivity index (χ1n) is 5.25. The van der Waals surface area contributed by atoms with E-state index in [1.807, 2.05) is 0 Å². The Kier molecular flexibility index (Phi) is 4.34. The van der Waals surface area contributed by atoms with E-state index < -0.39 is 0 Å². The average Bonchev–Trinajstić information content (AvgIpc) is 2.37. The molecule has 98 valence electrons. The van der Waals surface area contributed by atoms with Crippen LogP contribution < -0.4 is 5.73 Å². The Morgan fingerprint density at radius 3 is 2.63 bits per heavy atom. The molecular weight excluding hydrogens is 351 g/mol. The molecule has 2 aromatic rings. The normalized spacial score (nSPS) is 11.1. The van der Waals surface area contributed by atoms with E-state index in [2.05, 4.69) is 20.9 Å². The number of halogens is 3. The molecule has 0 aromatic heterocycles. The average molecular weight is 360 g/mol. The van der Waals surface area contributed by atoms with Gasteiger partial charge in [-0.2, -0.15) is 0 Å². The van der Waals surface area contributed by atoms with Crippen molar-refractivity contribution in [2.75, 3.05) is 5.73 Å². The highest BCUT2D eigenvalue weighted by molar-refractivity contribution is 9.10. The first-order valence-corrected chi connectivity index (χ1v) is 6.80. The van der Waals surface area contributed by atoms with Crippen molar-refractivity contribution >= 4 is 56.7 Å². The molecule has 0 atom stereocenters. The van der Waals surface area contributed by atoms with Gasteiger partial charge in [0.25, 0.3) is 0 Å². The molecule has 0 unspecified atom stereocenters. The van der Waals surface area contributed by atoms with Crippen LogP contribution in [-0.2, 0) is 0 Å². The quantitative estimate of drug-likeness (QED) is 0.598. The van der Waals surface area contributed by atoms with Gasteiger partial charge in [0.2, 0.25) is 0 Å². The summed E-state index contributed by atoms with van der Waals surface area (Å²) in [7, 11) is 0. The lowest BCUT2D eigenvalue weighted by Gasteiger charge is -2.04. The van der Waals surface area contributed by atoms with Gasteiger partial charge in [-0.3, -0.25) is 4.99 Å². The maximum atomic E-state index is 9.83. The lowest BCUT2D eigenvalue weighted by atomic mass is 10.2. The number of aliphatic imine (C=N–C) groups is 1. The Hall–Kier alpha value is -1.23. The molecule has 0 fully saturated rings. The van der Waals surface area contributed by atoms with Crippen LogP contribution in [0.5, 0.6) is 5.75 Å². The Morgan fingerprint density at radius 1 is 1.21 bits per heavy atom. The van der Waals surface area contributed by atoms with Gasteiger partial charge in [0.15, 0.2) is 0 Å². The molecule has 0 bridgehead atoms. The topological polar surface area (TPSA) is 58.6 Å². The predicted octanol–water partition coefficient (Wildman–Crippen LogP) is 4.79. The smallest absolute Gasteiger partial charge is 0.138 e. The zero-order valence-corrected chi connectivity index (χ0v) is 12.7. The minimum absolute atomic E-state index is 0.116. The predicted molar refractivity (Wildman–Crippen MR) is 83.9 cm³/mol. The lowest BCUT2D eigenvalue weighted by Crippen LogP contribution is -1.87. The molecule has 0 amide bonds. The maximum Gasteiger partial charge on any atom is 0.138 e. The third kappa shape index (κ3) is 3.21. The van der Waals surface area contributed by atoms with E-state index >= 15 is 0 Å². The first-order chi connectivity index (χ1) is 8.99. The number of aromatic hydroxyl groups is 1. The second kappa shape index (κ2) is 5.82. The number of hydrogen-bond donors (Lipinski definition) is 2. The van der Waals surface area contributed by atoms with E-state index in [1.54, 1.807) is 24.3 Å². The highest BCUT2D eigenvalue weighted by Crippen LogP contribution is 2.33. The number of anilines is 1. The van der Waals surface area contributed by atoms with Crippen LogP contribution in [0.25, 0.3) is 0 Å². The number of phenolic OH excluding ortho intramolecular Hbond substituents is 1. The van der Waals surface area contributed by atoms with Crippen molar-refractivity contribution in [2.45, 2.75) is 0 Å². The summed E-state index contributed by atoms with van der Waals surface area (Å²) in [6.07, 6.45) is 1.51. The summed E-state index contributed by atoms with van der Waals surface area (Å²) >= 11 is 15.0. The van der Waals surface area contributed by atoms with E-state index in [-0.39, 0.29) is 5.75 Å². The maximum absolute atomic E-state index is 9.83. The van der Waals surface area contributed by atoms with Crippen molar-refractivity contribution < 1.29 is 5.11 Å². The Labute approximate surface area is 128 Å². The molecule has 0 spiro atoms. The second-order valence-corrected chi connectivity index (χ2v) is 5.43. The van der Waals surface area contributed by atoms with E-state index in [0.717, 1.165) is 0 Å². The number of para-hydroxylation sites is 1. The summed E-state index contributed by atoms with van der Waals surface area (Å²) in [6, 6.07) is 8.38. The third-order valence-corrected chi connectivity index (χ3v) is 3.79. The summed E-state index contributed by atoms with van der Waals surface area (Å²) in [5, 5.41) is 10.6. The third-order valence-electron chi connectivity index (χ3n) is 2.43. The number of hydrogen-bond acceptors (Lipinski definition) is 3. The van der Waals surface area contributed by atoms with Crippen molar-refractivity contribution in [1.82, 2.24) is 0 Å². The fraction of sp³-hybridized carbons (Fsp3) is 0. The first kappa shape index (κ1) is 14.2. The Balaban J connectivity index is 2.38. The van der Waals surface area contributed by atoms with Crippen molar-refractivity contribution in [2.24, 2.45) is 4.99 Å². The highest BCUT2D eigenvalue weighted by Gasteiger charge is 2.05. The number of nitrogens with zero attached hydrogens (tertiary/aromatic N) is 1. The Morgan fingerprint density at radius 2 is 1.89 bits per heavy atom. The second-order valence-electron chi connectivity index (χ2n) is 3.76. The van der Waals surface area contributed by atoms with Crippen LogP contribution in [0.1, 0.15) is 5.56 Å². The van der Waals surface area contributed by atoms with E-state index in [4.69, 9.17) is 28.9 Å². The molecule has 0 aliphatic rings. The molecule has 0 heterocycles. The summed E-state index contributed by atoms with van der Waals surface area (Å²) in [5.41, 5.74) is 7.27. The zero-order chi connectivity index (χ0) is 14.0. The monoisotopic (exact) mass is 358 g/mol. The molecule has 0 aliphatic carbocycles. The van der Waals surface area contributed by atoms with Gasteiger partial charge in [-0.15, -0.1) is 0 Å². The fourth-order valence-corrected chi connectivity index (χ4v) is 2.15. The van der Waals surface area contributed by atoms with E-state index in [9.17, 15) is 5.11 Å². The van der Waals surface area contributed by atoms with Gasteiger partial charge < -0.3 is 10.8 Å². The van der Waals surface area contributed by atoms with Crippen molar-refractivity contribution in [1.29, 1.82) is 0 Å². The number of benzene rings is 2. The van der Waals surface area contributed by atoms with Crippen molar-refractivity contribution in [3.05, 3.63) is 50.4 Å². The van der Waals surface area contributed by atoms with Crippen molar-refractivity contribution in [3.8, 4) is 5.75 Å². The van der Waals surface area contributed by atoms with Crippen LogP contribution in [0.2, 0.25) is 10.0 Å². The van der Waals surface area contributed by atoms with Gasteiger partial charge in [-0.05, 0) is 40.2 Å². The summed E-state index contributed by atoms with van der Waals surface area (Å²) in [5.74, 6) is 0.116. The lowest BCUT2D eigenvalue weighted by molar-refractivity contribution is 0.471. The largest absolute Gasteiger partial charge is 0.506 e. The molecule has 6 heteroatoms. The molecule has 2 aromatic carbocycles. The number of phenols is 1. The van der Waals surface area contributed by atoms with E-state index in [0.29, 0.717) is 31.5 Å². The highest BCUT2D eigenvalue weighted by atomic mass is 79.9. The van der Waals surface area contributed by atoms with E-state index in [1.165, 1.54) is 12.3 Å². The molecule has 0 saturated heterocycles. The summed E-state index contributed by atoms with van der Waals surface area (Å²) in [4.78, 5) is 4.21. The van der Waals surface area contributed by atoms with Crippen molar-refractivity contribution in [3.63, 3.8) is 0 Å². The van der Waals surface area contributed by atoms with Gasteiger partial charge in [-0.1, -0.05) is 29.3 Å². The number of rotatable bonds is 2. The number of nitrogen functional groups attached to an aromatic ring is 1. The van der Waals surface area contributed by atoms with Crippen LogP contribution in [0, 0.1) is 0 Å². The molecule has 19 heavy (non-hydrogen) atoms. The molecule has 3 nitrogen and oxygen atoms in total. The molecule has 2 rings (SSSR count). The Bertz CT molecular complexity index is 659. The molecule has 3 N–H and O–H groups in total. The summed E-state index contributed by atoms with van der Waals surface area (Å²) in [6.45, 7) is 0. The van der Waals surface area contributed by atoms with Crippen LogP contribution in [-0.4, -0.2) is 11.3 Å². The van der Waals surface area contributed by atoms with Crippen LogP contribution >= 0.6 is 39.1 Å².